The number of carbonyl (C=O) groups is 1. The molecule has 36 heavy (non-hydrogen) atoms. The Morgan fingerprint density at radius 1 is 1.03 bits per heavy atom. The van der Waals surface area contributed by atoms with Crippen LogP contribution in [0, 0.1) is 23.0 Å². The van der Waals surface area contributed by atoms with Gasteiger partial charge in [0.25, 0.3) is 11.6 Å². The minimum absolute atomic E-state index is 0.0264. The molecule has 5 rings (SSSR count). The fourth-order valence-corrected chi connectivity index (χ4v) is 5.31. The van der Waals surface area contributed by atoms with E-state index in [4.69, 9.17) is 9.97 Å². The molecule has 0 bridgehead atoms. The number of carbonyl (C=O) groups excluding carboxylic acids is 1. The zero-order valence-corrected chi connectivity index (χ0v) is 21.4. The van der Waals surface area contributed by atoms with Crippen LogP contribution in [-0.4, -0.2) is 83.5 Å². The number of nitro groups is 1. The largest absolute Gasteiger partial charge is 0.356 e. The lowest BCUT2D eigenvalue weighted by Crippen LogP contribution is -2.46. The molecule has 2 aromatic rings. The zero-order valence-electron chi connectivity index (χ0n) is 21.4. The molecule has 3 aliphatic rings. The Labute approximate surface area is 212 Å². The van der Waals surface area contributed by atoms with Crippen molar-refractivity contribution in [2.24, 2.45) is 5.92 Å². The minimum Gasteiger partial charge on any atom is -0.356 e. The molecular formula is C26H35N7O3. The summed E-state index contributed by atoms with van der Waals surface area (Å²) in [4.78, 5) is 43.2. The topological polar surface area (TPSA) is 99.0 Å². The first kappa shape index (κ1) is 24.4. The third-order valence-electron chi connectivity index (χ3n) is 7.84. The average Bonchev–Trinajstić information content (AvgIpc) is 2.88. The second-order valence-corrected chi connectivity index (χ2v) is 10.5. The van der Waals surface area contributed by atoms with E-state index >= 15 is 0 Å². The first-order chi connectivity index (χ1) is 17.3. The van der Waals surface area contributed by atoms with E-state index in [1.165, 1.54) is 6.07 Å². The lowest BCUT2D eigenvalue weighted by molar-refractivity contribution is -0.385. The van der Waals surface area contributed by atoms with Gasteiger partial charge in [0.2, 0.25) is 5.95 Å². The van der Waals surface area contributed by atoms with Crippen molar-refractivity contribution in [1.82, 2.24) is 19.8 Å². The molecule has 0 radical (unpaired) electrons. The lowest BCUT2D eigenvalue weighted by Gasteiger charge is -2.38. The monoisotopic (exact) mass is 493 g/mol. The third kappa shape index (κ3) is 4.86. The van der Waals surface area contributed by atoms with Crippen molar-refractivity contribution in [2.75, 3.05) is 62.7 Å². The van der Waals surface area contributed by atoms with Gasteiger partial charge in [-0.2, -0.15) is 4.98 Å². The molecule has 3 aliphatic heterocycles. The number of nitro benzene ring substituents is 1. The molecule has 2 saturated heterocycles. The fraction of sp³-hybridized carbons (Fsp3) is 0.577. The van der Waals surface area contributed by atoms with Crippen LogP contribution in [0.3, 0.4) is 0 Å². The van der Waals surface area contributed by atoms with Crippen LogP contribution in [0.25, 0.3) is 0 Å². The van der Waals surface area contributed by atoms with E-state index in [0.717, 1.165) is 75.1 Å². The van der Waals surface area contributed by atoms with Crippen molar-refractivity contribution in [2.45, 2.75) is 39.7 Å². The molecule has 0 unspecified atom stereocenters. The lowest BCUT2D eigenvalue weighted by atomic mass is 9.98. The summed E-state index contributed by atoms with van der Waals surface area (Å²) in [6.45, 7) is 10.6. The van der Waals surface area contributed by atoms with Gasteiger partial charge in [-0.1, -0.05) is 13.0 Å². The maximum atomic E-state index is 13.4. The zero-order chi connectivity index (χ0) is 25.4. The minimum atomic E-state index is -0.430. The average molecular weight is 494 g/mol. The van der Waals surface area contributed by atoms with Crippen LogP contribution < -0.4 is 9.80 Å². The molecular weight excluding hydrogens is 458 g/mol. The van der Waals surface area contributed by atoms with Gasteiger partial charge in [-0.05, 0) is 38.8 Å². The predicted octanol–water partition coefficient (Wildman–Crippen LogP) is 2.88. The predicted molar refractivity (Wildman–Crippen MR) is 139 cm³/mol. The number of aryl methyl sites for hydroxylation is 1. The summed E-state index contributed by atoms with van der Waals surface area (Å²) in [5.74, 6) is 2.26. The Morgan fingerprint density at radius 2 is 1.75 bits per heavy atom. The van der Waals surface area contributed by atoms with Gasteiger partial charge < -0.3 is 19.6 Å². The van der Waals surface area contributed by atoms with Gasteiger partial charge in [0.1, 0.15) is 5.82 Å². The van der Waals surface area contributed by atoms with E-state index in [2.05, 4.69) is 28.7 Å². The number of rotatable bonds is 4. The normalized spacial score (nSPS) is 19.4. The van der Waals surface area contributed by atoms with Crippen LogP contribution in [0.5, 0.6) is 0 Å². The first-order valence-corrected chi connectivity index (χ1v) is 12.9. The molecule has 10 nitrogen and oxygen atoms in total. The summed E-state index contributed by atoms with van der Waals surface area (Å²) in [5, 5.41) is 11.4. The number of benzene rings is 1. The Hall–Kier alpha value is -3.27. The maximum absolute atomic E-state index is 13.4. The number of aromatic nitrogens is 2. The number of anilines is 2. The molecule has 1 aromatic carbocycles. The van der Waals surface area contributed by atoms with Crippen LogP contribution in [-0.2, 0) is 13.0 Å². The molecule has 1 aromatic heterocycles. The van der Waals surface area contributed by atoms with Crippen molar-refractivity contribution < 1.29 is 9.72 Å². The molecule has 2 fully saturated rings. The van der Waals surface area contributed by atoms with Crippen LogP contribution >= 0.6 is 0 Å². The van der Waals surface area contributed by atoms with Crippen molar-refractivity contribution >= 4 is 23.4 Å². The SMILES string of the molecule is Cc1ccc(C(=O)N2CCc3nc(N4CCN(C)CC4)nc(N4CCC(C)CC4)c3C2)cc1[N+](=O)[O-]. The molecule has 0 spiro atoms. The van der Waals surface area contributed by atoms with Crippen molar-refractivity contribution in [1.29, 1.82) is 0 Å². The van der Waals surface area contributed by atoms with Crippen molar-refractivity contribution in [3.8, 4) is 0 Å². The first-order valence-electron chi connectivity index (χ1n) is 12.9. The molecule has 0 atom stereocenters. The quantitative estimate of drug-likeness (QED) is 0.474. The summed E-state index contributed by atoms with van der Waals surface area (Å²) >= 11 is 0. The fourth-order valence-electron chi connectivity index (χ4n) is 5.31. The second-order valence-electron chi connectivity index (χ2n) is 10.5. The van der Waals surface area contributed by atoms with Crippen LogP contribution in [0.15, 0.2) is 18.2 Å². The van der Waals surface area contributed by atoms with Gasteiger partial charge in [-0.15, -0.1) is 0 Å². The number of nitrogens with zero attached hydrogens (tertiary/aromatic N) is 7. The van der Waals surface area contributed by atoms with Crippen molar-refractivity contribution in [3.63, 3.8) is 0 Å². The van der Waals surface area contributed by atoms with E-state index in [-0.39, 0.29) is 11.6 Å². The van der Waals surface area contributed by atoms with Gasteiger partial charge in [0.05, 0.1) is 17.2 Å². The van der Waals surface area contributed by atoms with E-state index in [0.29, 0.717) is 36.6 Å². The van der Waals surface area contributed by atoms with Crippen molar-refractivity contribution in [3.05, 3.63) is 50.7 Å². The van der Waals surface area contributed by atoms with Gasteiger partial charge in [-0.25, -0.2) is 4.98 Å². The molecule has 0 saturated carbocycles. The molecule has 0 N–H and O–H groups in total. The highest BCUT2D eigenvalue weighted by Crippen LogP contribution is 2.32. The highest BCUT2D eigenvalue weighted by molar-refractivity contribution is 5.95. The Morgan fingerprint density at radius 3 is 2.44 bits per heavy atom. The highest BCUT2D eigenvalue weighted by Gasteiger charge is 2.31. The summed E-state index contributed by atoms with van der Waals surface area (Å²) in [6, 6.07) is 4.72. The van der Waals surface area contributed by atoms with E-state index in [1.54, 1.807) is 24.0 Å². The smallest absolute Gasteiger partial charge is 0.273 e. The van der Waals surface area contributed by atoms with Gasteiger partial charge in [0, 0.05) is 75.0 Å². The summed E-state index contributed by atoms with van der Waals surface area (Å²) < 4.78 is 0. The van der Waals surface area contributed by atoms with E-state index in [9.17, 15) is 14.9 Å². The number of piperidine rings is 1. The van der Waals surface area contributed by atoms with Gasteiger partial charge in [-0.3, -0.25) is 14.9 Å². The molecule has 10 heteroatoms. The highest BCUT2D eigenvalue weighted by atomic mass is 16.6. The third-order valence-corrected chi connectivity index (χ3v) is 7.84. The van der Waals surface area contributed by atoms with E-state index < -0.39 is 4.92 Å². The Balaban J connectivity index is 1.45. The number of fused-ring (bicyclic) bond motifs is 1. The molecule has 0 aliphatic carbocycles. The molecule has 1 amide bonds. The number of amides is 1. The number of likely N-dealkylation sites (N-methyl/N-ethyl adjacent to an activating group) is 1. The van der Waals surface area contributed by atoms with Gasteiger partial charge >= 0.3 is 0 Å². The number of hydrogen-bond acceptors (Lipinski definition) is 8. The summed E-state index contributed by atoms with van der Waals surface area (Å²) in [6.07, 6.45) is 2.89. The van der Waals surface area contributed by atoms with Gasteiger partial charge in [0.15, 0.2) is 0 Å². The second kappa shape index (κ2) is 10.0. The van der Waals surface area contributed by atoms with E-state index in [1.807, 2.05) is 0 Å². The number of hydrogen-bond donors (Lipinski definition) is 0. The standard InChI is InChI=1S/C26H35N7O3/c1-18-6-9-30(10-7-18)24-21-17-32(25(34)20-5-4-19(2)23(16-20)33(35)36)11-8-22(21)27-26(28-24)31-14-12-29(3)13-15-31/h4-5,16,18H,6-15,17H2,1-3H3. The molecule has 4 heterocycles. The van der Waals surface area contributed by atoms with Crippen LogP contribution in [0.2, 0.25) is 0 Å². The van der Waals surface area contributed by atoms with Crippen LogP contribution in [0.1, 0.15) is 46.9 Å². The Kier molecular flexibility index (Phi) is 6.79. The summed E-state index contributed by atoms with van der Waals surface area (Å²) in [5.41, 5.74) is 2.91. The summed E-state index contributed by atoms with van der Waals surface area (Å²) in [7, 11) is 2.14. The maximum Gasteiger partial charge on any atom is 0.273 e. The number of piperazine rings is 1. The molecule has 192 valence electrons. The van der Waals surface area contributed by atoms with Crippen LogP contribution in [0.4, 0.5) is 17.5 Å². The Bertz CT molecular complexity index is 1150.